The Morgan fingerprint density at radius 2 is 2.38 bits per heavy atom. The van der Waals surface area contributed by atoms with Crippen LogP contribution in [0.3, 0.4) is 0 Å². The number of hydrogen-bond donors (Lipinski definition) is 2. The Hall–Kier alpha value is -1.55. The Morgan fingerprint density at radius 1 is 1.52 bits per heavy atom. The average Bonchev–Trinajstić information content (AvgIpc) is 2.55. The zero-order valence-corrected chi connectivity index (χ0v) is 13.0. The van der Waals surface area contributed by atoms with Gasteiger partial charge in [0.15, 0.2) is 0 Å². The number of ether oxygens (including phenoxy) is 1. The van der Waals surface area contributed by atoms with Gasteiger partial charge in [-0.3, -0.25) is 4.79 Å². The van der Waals surface area contributed by atoms with Crippen LogP contribution in [0.5, 0.6) is 5.75 Å². The van der Waals surface area contributed by atoms with Gasteiger partial charge in [0.25, 0.3) is 0 Å². The summed E-state index contributed by atoms with van der Waals surface area (Å²) in [6.45, 7) is 4.92. The van der Waals surface area contributed by atoms with E-state index in [0.717, 1.165) is 37.4 Å². The third kappa shape index (κ3) is 4.74. The monoisotopic (exact) mass is 290 g/mol. The highest BCUT2D eigenvalue weighted by atomic mass is 16.5. The summed E-state index contributed by atoms with van der Waals surface area (Å²) >= 11 is 0. The molecule has 0 radical (unpaired) electrons. The third-order valence-electron chi connectivity index (χ3n) is 4.24. The van der Waals surface area contributed by atoms with Gasteiger partial charge in [0.05, 0.1) is 13.0 Å². The summed E-state index contributed by atoms with van der Waals surface area (Å²) in [4.78, 5) is 12.2. The first-order valence-corrected chi connectivity index (χ1v) is 7.83. The van der Waals surface area contributed by atoms with Crippen LogP contribution in [0.1, 0.15) is 37.7 Å². The number of nitrogens with one attached hydrogen (secondary N) is 2. The molecule has 1 fully saturated rings. The molecule has 1 aliphatic heterocycles. The van der Waals surface area contributed by atoms with Crippen molar-refractivity contribution in [1.29, 1.82) is 0 Å². The van der Waals surface area contributed by atoms with Crippen LogP contribution in [-0.2, 0) is 4.79 Å². The molecule has 0 aliphatic carbocycles. The van der Waals surface area contributed by atoms with Gasteiger partial charge >= 0.3 is 0 Å². The van der Waals surface area contributed by atoms with Crippen LogP contribution in [0.15, 0.2) is 24.3 Å². The maximum Gasteiger partial charge on any atom is 0.227 e. The first-order valence-electron chi connectivity index (χ1n) is 7.83. The summed E-state index contributed by atoms with van der Waals surface area (Å²) in [5.74, 6) is 1.43. The minimum atomic E-state index is -0.149. The van der Waals surface area contributed by atoms with Gasteiger partial charge in [0, 0.05) is 6.54 Å². The van der Waals surface area contributed by atoms with Crippen LogP contribution >= 0.6 is 0 Å². The number of carbonyl (C=O) groups excluding carboxylic acids is 1. The van der Waals surface area contributed by atoms with E-state index in [-0.39, 0.29) is 11.8 Å². The van der Waals surface area contributed by atoms with E-state index in [2.05, 4.69) is 10.6 Å². The summed E-state index contributed by atoms with van der Waals surface area (Å²) in [6.07, 6.45) is 3.58. The predicted octanol–water partition coefficient (Wildman–Crippen LogP) is 2.30. The van der Waals surface area contributed by atoms with Crippen LogP contribution in [0.2, 0.25) is 0 Å². The van der Waals surface area contributed by atoms with Crippen LogP contribution in [0, 0.1) is 5.92 Å². The second-order valence-electron chi connectivity index (χ2n) is 5.79. The first kappa shape index (κ1) is 15.8. The highest BCUT2D eigenvalue weighted by molar-refractivity contribution is 5.83. The number of rotatable bonds is 6. The van der Waals surface area contributed by atoms with Gasteiger partial charge in [0.2, 0.25) is 5.91 Å². The molecule has 0 bridgehead atoms. The lowest BCUT2D eigenvalue weighted by atomic mass is 9.96. The lowest BCUT2D eigenvalue weighted by Crippen LogP contribution is -2.34. The number of methoxy groups -OCH3 is 1. The summed E-state index contributed by atoms with van der Waals surface area (Å²) < 4.78 is 5.21. The smallest absolute Gasteiger partial charge is 0.227 e. The van der Waals surface area contributed by atoms with Crippen molar-refractivity contribution in [3.05, 3.63) is 29.8 Å². The topological polar surface area (TPSA) is 50.4 Å². The minimum absolute atomic E-state index is 0.0898. The van der Waals surface area contributed by atoms with Crippen molar-refractivity contribution in [3.63, 3.8) is 0 Å². The summed E-state index contributed by atoms with van der Waals surface area (Å²) in [5.41, 5.74) is 0.992. The van der Waals surface area contributed by atoms with Crippen molar-refractivity contribution < 1.29 is 9.53 Å². The normalized spacial score (nSPS) is 19.8. The quantitative estimate of drug-likeness (QED) is 0.845. The fourth-order valence-corrected chi connectivity index (χ4v) is 2.79. The molecule has 4 heteroatoms. The van der Waals surface area contributed by atoms with E-state index < -0.39 is 0 Å². The van der Waals surface area contributed by atoms with Gasteiger partial charge in [-0.25, -0.2) is 0 Å². The van der Waals surface area contributed by atoms with Gasteiger partial charge in [-0.1, -0.05) is 12.1 Å². The average molecular weight is 290 g/mol. The Morgan fingerprint density at radius 3 is 3.10 bits per heavy atom. The molecule has 4 nitrogen and oxygen atoms in total. The molecule has 2 rings (SSSR count). The maximum absolute atomic E-state index is 12.2. The largest absolute Gasteiger partial charge is 0.497 e. The molecule has 1 amide bonds. The van der Waals surface area contributed by atoms with Crippen LogP contribution in [0.4, 0.5) is 0 Å². The molecule has 1 heterocycles. The lowest BCUT2D eigenvalue weighted by Gasteiger charge is -2.23. The Kier molecular flexibility index (Phi) is 6.05. The lowest BCUT2D eigenvalue weighted by molar-refractivity contribution is -0.122. The van der Waals surface area contributed by atoms with Crippen molar-refractivity contribution in [3.8, 4) is 5.75 Å². The standard InChI is InChI=1S/C17H26N2O2/c1-13(15-6-3-7-16(11-15)21-2)17(20)19-10-8-14-5-4-9-18-12-14/h3,6-7,11,13-14,18H,4-5,8-10,12H2,1-2H3,(H,19,20). The van der Waals surface area contributed by atoms with E-state index in [1.807, 2.05) is 31.2 Å². The van der Waals surface area contributed by atoms with Crippen molar-refractivity contribution >= 4 is 5.91 Å². The molecule has 21 heavy (non-hydrogen) atoms. The van der Waals surface area contributed by atoms with Gasteiger partial charge < -0.3 is 15.4 Å². The van der Waals surface area contributed by atoms with Crippen molar-refractivity contribution in [1.82, 2.24) is 10.6 Å². The van der Waals surface area contributed by atoms with Crippen LogP contribution in [-0.4, -0.2) is 32.7 Å². The van der Waals surface area contributed by atoms with E-state index in [4.69, 9.17) is 4.74 Å². The molecular weight excluding hydrogens is 264 g/mol. The van der Waals surface area contributed by atoms with Crippen molar-refractivity contribution in [2.24, 2.45) is 5.92 Å². The summed E-state index contributed by atoms with van der Waals surface area (Å²) in [6, 6.07) is 7.71. The number of benzene rings is 1. The number of hydrogen-bond acceptors (Lipinski definition) is 3. The molecule has 116 valence electrons. The van der Waals surface area contributed by atoms with Gasteiger partial charge in [-0.2, -0.15) is 0 Å². The van der Waals surface area contributed by atoms with E-state index in [0.29, 0.717) is 5.92 Å². The zero-order valence-electron chi connectivity index (χ0n) is 13.0. The molecular formula is C17H26N2O2. The summed E-state index contributed by atoms with van der Waals surface area (Å²) in [7, 11) is 1.64. The molecule has 0 spiro atoms. The second-order valence-corrected chi connectivity index (χ2v) is 5.79. The highest BCUT2D eigenvalue weighted by Gasteiger charge is 2.17. The third-order valence-corrected chi connectivity index (χ3v) is 4.24. The molecule has 2 unspecified atom stereocenters. The molecule has 2 atom stereocenters. The maximum atomic E-state index is 12.2. The van der Waals surface area contributed by atoms with Crippen molar-refractivity contribution in [2.75, 3.05) is 26.7 Å². The van der Waals surface area contributed by atoms with Crippen LogP contribution in [0.25, 0.3) is 0 Å². The van der Waals surface area contributed by atoms with Crippen LogP contribution < -0.4 is 15.4 Å². The molecule has 0 saturated carbocycles. The number of piperidine rings is 1. The molecule has 1 aromatic rings. The van der Waals surface area contributed by atoms with Gasteiger partial charge in [-0.15, -0.1) is 0 Å². The summed E-state index contributed by atoms with van der Waals surface area (Å²) in [5, 5.41) is 6.47. The minimum Gasteiger partial charge on any atom is -0.497 e. The molecule has 1 aliphatic rings. The Bertz CT molecular complexity index is 456. The number of carbonyl (C=O) groups is 1. The Balaban J connectivity index is 1.78. The predicted molar refractivity (Wildman–Crippen MR) is 84.6 cm³/mol. The second kappa shape index (κ2) is 8.03. The van der Waals surface area contributed by atoms with E-state index in [9.17, 15) is 4.79 Å². The molecule has 0 aromatic heterocycles. The highest BCUT2D eigenvalue weighted by Crippen LogP contribution is 2.21. The van der Waals surface area contributed by atoms with Gasteiger partial charge in [-0.05, 0) is 62.9 Å². The first-order chi connectivity index (χ1) is 10.2. The zero-order chi connectivity index (χ0) is 15.1. The number of amides is 1. The van der Waals surface area contributed by atoms with Gasteiger partial charge in [0.1, 0.15) is 5.75 Å². The fourth-order valence-electron chi connectivity index (χ4n) is 2.79. The van der Waals surface area contributed by atoms with E-state index >= 15 is 0 Å². The Labute approximate surface area is 127 Å². The van der Waals surface area contributed by atoms with E-state index in [1.165, 1.54) is 12.8 Å². The molecule has 2 N–H and O–H groups in total. The van der Waals surface area contributed by atoms with Crippen molar-refractivity contribution in [2.45, 2.75) is 32.1 Å². The SMILES string of the molecule is COc1cccc(C(C)C(=O)NCCC2CCCNC2)c1. The molecule has 1 aromatic carbocycles. The molecule has 1 saturated heterocycles. The van der Waals surface area contributed by atoms with E-state index in [1.54, 1.807) is 7.11 Å². The fraction of sp³-hybridized carbons (Fsp3) is 0.588.